The fraction of sp³-hybridized carbons (Fsp3) is 0.125. The Morgan fingerprint density at radius 1 is 1.29 bits per heavy atom. The van der Waals surface area contributed by atoms with Crippen LogP contribution in [0.4, 0.5) is 0 Å². The van der Waals surface area contributed by atoms with E-state index in [9.17, 15) is 0 Å². The molecule has 5 heteroatoms. The molecule has 0 saturated heterocycles. The molecule has 0 saturated carbocycles. The number of rotatable bonds is 3. The van der Waals surface area contributed by atoms with Gasteiger partial charge in [-0.25, -0.2) is 9.97 Å². The van der Waals surface area contributed by atoms with Gasteiger partial charge < -0.3 is 0 Å². The number of aryl methyl sites for hydroxylation is 1. The van der Waals surface area contributed by atoms with E-state index in [1.165, 1.54) is 16.0 Å². The van der Waals surface area contributed by atoms with Crippen LogP contribution in [0.3, 0.4) is 0 Å². The summed E-state index contributed by atoms with van der Waals surface area (Å²) in [5.74, 6) is 3.27. The van der Waals surface area contributed by atoms with Crippen molar-refractivity contribution < 1.29 is 0 Å². The molecule has 0 unspecified atom stereocenters. The van der Waals surface area contributed by atoms with Gasteiger partial charge in [0.2, 0.25) is 0 Å². The first-order valence-electron chi connectivity index (χ1n) is 6.27. The topological polar surface area (TPSA) is 25.8 Å². The molecule has 2 nitrogen and oxygen atoms in total. The number of thiophene rings is 1. The molecule has 0 N–H and O–H groups in total. The Kier molecular flexibility index (Phi) is 4.29. The van der Waals surface area contributed by atoms with Gasteiger partial charge in [0.15, 0.2) is 0 Å². The molecule has 3 rings (SSSR count). The maximum absolute atomic E-state index is 5.37. The van der Waals surface area contributed by atoms with E-state index in [4.69, 9.17) is 6.42 Å². The van der Waals surface area contributed by atoms with Crippen LogP contribution in [-0.2, 0) is 0 Å². The Morgan fingerprint density at radius 2 is 2.05 bits per heavy atom. The van der Waals surface area contributed by atoms with Crippen molar-refractivity contribution in [2.24, 2.45) is 0 Å². The van der Waals surface area contributed by atoms with Crippen LogP contribution in [-0.4, -0.2) is 15.7 Å². The largest absolute Gasteiger partial charge is 0.229 e. The lowest BCUT2D eigenvalue weighted by Gasteiger charge is -2.05. The Hall–Kier alpha value is -1.35. The predicted octanol–water partition coefficient (Wildman–Crippen LogP) is 5.15. The summed E-state index contributed by atoms with van der Waals surface area (Å²) in [6.45, 7) is 2.12. The second kappa shape index (κ2) is 6.18. The van der Waals surface area contributed by atoms with Crippen molar-refractivity contribution in [3.63, 3.8) is 0 Å². The monoisotopic (exact) mass is 374 g/mol. The van der Waals surface area contributed by atoms with Gasteiger partial charge in [-0.15, -0.1) is 17.8 Å². The minimum atomic E-state index is 0.612. The van der Waals surface area contributed by atoms with Gasteiger partial charge in [-0.3, -0.25) is 0 Å². The second-order valence-corrected chi connectivity index (χ2v) is 7.47. The number of thioether (sulfide) groups is 1. The lowest BCUT2D eigenvalue weighted by atomic mass is 10.0. The van der Waals surface area contributed by atoms with E-state index in [-0.39, 0.29) is 0 Å². The number of hydrogen-bond acceptors (Lipinski definition) is 4. The third-order valence-electron chi connectivity index (χ3n) is 3.05. The van der Waals surface area contributed by atoms with E-state index in [0.717, 1.165) is 19.7 Å². The van der Waals surface area contributed by atoms with E-state index < -0.39 is 0 Å². The molecule has 2 heterocycles. The lowest BCUT2D eigenvalue weighted by Crippen LogP contribution is -1.87. The van der Waals surface area contributed by atoms with E-state index in [0.29, 0.717) is 5.75 Å². The van der Waals surface area contributed by atoms with Crippen LogP contribution in [0, 0.1) is 19.3 Å². The van der Waals surface area contributed by atoms with Crippen molar-refractivity contribution in [2.45, 2.75) is 11.9 Å². The van der Waals surface area contributed by atoms with Crippen molar-refractivity contribution in [3.8, 4) is 23.5 Å². The summed E-state index contributed by atoms with van der Waals surface area (Å²) < 4.78 is 1.07. The maximum atomic E-state index is 5.37. The van der Waals surface area contributed by atoms with Crippen LogP contribution < -0.4 is 0 Å². The number of hydrogen-bond donors (Lipinski definition) is 0. The molecule has 0 bridgehead atoms. The summed E-state index contributed by atoms with van der Waals surface area (Å²) in [5.41, 5.74) is 2.39. The highest BCUT2D eigenvalue weighted by Crippen LogP contribution is 2.41. The van der Waals surface area contributed by atoms with Crippen LogP contribution >= 0.6 is 39.0 Å². The zero-order valence-electron chi connectivity index (χ0n) is 11.3. The third kappa shape index (κ3) is 2.84. The first kappa shape index (κ1) is 14.6. The Balaban J connectivity index is 2.24. The normalized spacial score (nSPS) is 10.7. The summed E-state index contributed by atoms with van der Waals surface area (Å²) in [7, 11) is 0. The fourth-order valence-corrected chi connectivity index (χ4v) is 4.23. The Bertz CT molecular complexity index is 832. The quantitative estimate of drug-likeness (QED) is 0.360. The molecule has 0 aliphatic heterocycles. The molecule has 0 spiro atoms. The van der Waals surface area contributed by atoms with Gasteiger partial charge in [0, 0.05) is 14.9 Å². The average Bonchev–Trinajstić information content (AvgIpc) is 2.82. The summed E-state index contributed by atoms with van der Waals surface area (Å²) >= 11 is 6.76. The van der Waals surface area contributed by atoms with E-state index in [1.54, 1.807) is 29.4 Å². The van der Waals surface area contributed by atoms with Crippen LogP contribution in [0.5, 0.6) is 0 Å². The minimum Gasteiger partial charge on any atom is -0.229 e. The van der Waals surface area contributed by atoms with Crippen LogP contribution in [0.2, 0.25) is 0 Å². The molecule has 0 radical (unpaired) electrons. The highest BCUT2D eigenvalue weighted by molar-refractivity contribution is 9.10. The first-order valence-corrected chi connectivity index (χ1v) is 8.86. The SMILES string of the molecule is C#CCSc1ncnc2sc(C)c(-c3ccc(Br)cc3)c12. The number of halogens is 1. The highest BCUT2D eigenvalue weighted by atomic mass is 79.9. The van der Waals surface area contributed by atoms with Gasteiger partial charge in [-0.05, 0) is 24.6 Å². The smallest absolute Gasteiger partial charge is 0.128 e. The second-order valence-electron chi connectivity index (χ2n) is 4.39. The van der Waals surface area contributed by atoms with Crippen molar-refractivity contribution >= 4 is 49.2 Å². The Labute approximate surface area is 140 Å². The molecule has 21 heavy (non-hydrogen) atoms. The highest BCUT2D eigenvalue weighted by Gasteiger charge is 2.16. The fourth-order valence-electron chi connectivity index (χ4n) is 2.20. The van der Waals surface area contributed by atoms with E-state index in [2.05, 4.69) is 63.0 Å². The predicted molar refractivity (Wildman–Crippen MR) is 94.8 cm³/mol. The minimum absolute atomic E-state index is 0.612. The molecule has 3 aromatic rings. The molecule has 104 valence electrons. The summed E-state index contributed by atoms with van der Waals surface area (Å²) in [5, 5.41) is 2.07. The van der Waals surface area contributed by atoms with Crippen LogP contribution in [0.25, 0.3) is 21.3 Å². The van der Waals surface area contributed by atoms with Gasteiger partial charge in [0.05, 0.1) is 11.1 Å². The standard InChI is InChI=1S/C16H11BrN2S2/c1-3-8-20-15-14-13(11-4-6-12(17)7-5-11)10(2)21-16(14)19-9-18-15/h1,4-7,9H,8H2,2H3. The van der Waals surface area contributed by atoms with Crippen LogP contribution in [0.1, 0.15) is 4.88 Å². The van der Waals surface area contributed by atoms with Gasteiger partial charge >= 0.3 is 0 Å². The zero-order valence-corrected chi connectivity index (χ0v) is 14.5. The third-order valence-corrected chi connectivity index (χ3v) is 5.49. The lowest BCUT2D eigenvalue weighted by molar-refractivity contribution is 1.11. The van der Waals surface area contributed by atoms with Gasteiger partial charge in [-0.2, -0.15) is 0 Å². The number of nitrogens with zero attached hydrogens (tertiary/aromatic N) is 2. The van der Waals surface area contributed by atoms with Crippen LogP contribution in [0.15, 0.2) is 40.1 Å². The molecule has 2 aromatic heterocycles. The average molecular weight is 375 g/mol. The molecule has 0 atom stereocenters. The first-order chi connectivity index (χ1) is 10.2. The number of terminal acetylenes is 1. The number of fused-ring (bicyclic) bond motifs is 1. The van der Waals surface area contributed by atoms with E-state index >= 15 is 0 Å². The molecular formula is C16H11BrN2S2. The zero-order chi connectivity index (χ0) is 14.8. The maximum Gasteiger partial charge on any atom is 0.128 e. The Morgan fingerprint density at radius 3 is 2.76 bits per heavy atom. The summed E-state index contributed by atoms with van der Waals surface area (Å²) in [6.07, 6.45) is 6.99. The number of benzene rings is 1. The number of aromatic nitrogens is 2. The molecule has 0 amide bonds. The van der Waals surface area contributed by atoms with Crippen molar-refractivity contribution in [3.05, 3.63) is 39.9 Å². The van der Waals surface area contributed by atoms with Gasteiger partial charge in [0.1, 0.15) is 16.2 Å². The van der Waals surface area contributed by atoms with Crippen molar-refractivity contribution in [1.29, 1.82) is 0 Å². The summed E-state index contributed by atoms with van der Waals surface area (Å²) in [6, 6.07) is 8.33. The van der Waals surface area contributed by atoms with Gasteiger partial charge in [0.25, 0.3) is 0 Å². The van der Waals surface area contributed by atoms with Crippen molar-refractivity contribution in [2.75, 3.05) is 5.75 Å². The molecule has 1 aromatic carbocycles. The molecule has 0 fully saturated rings. The molecule has 0 aliphatic carbocycles. The van der Waals surface area contributed by atoms with Gasteiger partial charge in [-0.1, -0.05) is 45.7 Å². The van der Waals surface area contributed by atoms with E-state index in [1.807, 2.05) is 0 Å². The molecular weight excluding hydrogens is 364 g/mol. The van der Waals surface area contributed by atoms with Crippen molar-refractivity contribution in [1.82, 2.24) is 9.97 Å². The molecule has 0 aliphatic rings. The summed E-state index contributed by atoms with van der Waals surface area (Å²) in [4.78, 5) is 11.1.